The van der Waals surface area contributed by atoms with Gasteiger partial charge in [-0.25, -0.2) is 4.79 Å². The molecule has 0 amide bonds. The normalized spacial score (nSPS) is 13.7. The van der Waals surface area contributed by atoms with E-state index in [0.29, 0.717) is 38.2 Å². The van der Waals surface area contributed by atoms with Gasteiger partial charge in [-0.05, 0) is 54.1 Å². The number of carbonyl (C=O) groups is 2. The number of methoxy groups -OCH3 is 1. The maximum absolute atomic E-state index is 12.6. The molecule has 7 heteroatoms. The fourth-order valence-corrected chi connectivity index (χ4v) is 3.37. The van der Waals surface area contributed by atoms with Crippen LogP contribution in [0, 0.1) is 0 Å². The first-order valence-electron chi connectivity index (χ1n) is 8.84. The monoisotopic (exact) mass is 440 g/mol. The van der Waals surface area contributed by atoms with Gasteiger partial charge in [0.1, 0.15) is 17.2 Å². The summed E-state index contributed by atoms with van der Waals surface area (Å²) >= 11 is 12.1. The van der Waals surface area contributed by atoms with Crippen molar-refractivity contribution in [3.8, 4) is 17.2 Å². The van der Waals surface area contributed by atoms with Crippen molar-refractivity contribution < 1.29 is 23.8 Å². The molecule has 1 heterocycles. The fraction of sp³-hybridized carbons (Fsp3) is 0.0435. The quantitative estimate of drug-likeness (QED) is 0.289. The number of rotatable bonds is 4. The molecule has 3 aromatic carbocycles. The molecule has 3 aromatic rings. The summed E-state index contributed by atoms with van der Waals surface area (Å²) in [6.45, 7) is 0. The van der Waals surface area contributed by atoms with E-state index >= 15 is 0 Å². The van der Waals surface area contributed by atoms with Gasteiger partial charge in [0.15, 0.2) is 5.76 Å². The zero-order valence-corrected chi connectivity index (χ0v) is 17.2. The summed E-state index contributed by atoms with van der Waals surface area (Å²) in [6.07, 6.45) is 1.54. The lowest BCUT2D eigenvalue weighted by Crippen LogP contribution is -2.08. The highest BCUT2D eigenvalue weighted by atomic mass is 35.5. The average molecular weight is 441 g/mol. The van der Waals surface area contributed by atoms with Gasteiger partial charge in [-0.1, -0.05) is 35.3 Å². The lowest BCUT2D eigenvalue weighted by atomic mass is 10.1. The Morgan fingerprint density at radius 3 is 2.60 bits per heavy atom. The van der Waals surface area contributed by atoms with E-state index in [1.807, 2.05) is 0 Å². The summed E-state index contributed by atoms with van der Waals surface area (Å²) in [5, 5.41) is 0.891. The van der Waals surface area contributed by atoms with Gasteiger partial charge in [-0.15, -0.1) is 0 Å². The Kier molecular flexibility index (Phi) is 5.48. The van der Waals surface area contributed by atoms with E-state index in [2.05, 4.69) is 0 Å². The molecule has 0 N–H and O–H groups in total. The molecule has 0 radical (unpaired) electrons. The van der Waals surface area contributed by atoms with Gasteiger partial charge >= 0.3 is 5.97 Å². The van der Waals surface area contributed by atoms with Gasteiger partial charge in [0.2, 0.25) is 5.78 Å². The topological polar surface area (TPSA) is 61.8 Å². The molecule has 0 aliphatic carbocycles. The van der Waals surface area contributed by atoms with Crippen LogP contribution >= 0.6 is 23.2 Å². The molecule has 0 spiro atoms. The standard InChI is InChI=1S/C23H14Cl2O5/c1-28-16-4-2-3-14(9-16)23(27)29-17-7-8-18-20(12-17)30-21(22(18)26)10-13-5-6-15(24)11-19(13)25/h2-12H,1H3. The molecule has 0 bridgehead atoms. The summed E-state index contributed by atoms with van der Waals surface area (Å²) in [7, 11) is 1.52. The van der Waals surface area contributed by atoms with Crippen molar-refractivity contribution in [1.29, 1.82) is 0 Å². The summed E-state index contributed by atoms with van der Waals surface area (Å²) in [4.78, 5) is 25.0. The van der Waals surface area contributed by atoms with E-state index in [1.165, 1.54) is 19.2 Å². The van der Waals surface area contributed by atoms with Crippen molar-refractivity contribution in [2.75, 3.05) is 7.11 Å². The lowest BCUT2D eigenvalue weighted by Gasteiger charge is -2.07. The Labute approximate surface area is 182 Å². The molecule has 1 aliphatic heterocycles. The Morgan fingerprint density at radius 2 is 1.83 bits per heavy atom. The third-order valence-electron chi connectivity index (χ3n) is 4.41. The van der Waals surface area contributed by atoms with Crippen LogP contribution in [0.25, 0.3) is 6.08 Å². The molecule has 5 nitrogen and oxygen atoms in total. The Bertz CT molecular complexity index is 1200. The van der Waals surface area contributed by atoms with Crippen LogP contribution in [0.5, 0.6) is 17.2 Å². The number of hydrogen-bond donors (Lipinski definition) is 0. The second-order valence-electron chi connectivity index (χ2n) is 6.39. The molecule has 0 saturated heterocycles. The summed E-state index contributed by atoms with van der Waals surface area (Å²) in [6, 6.07) is 16.1. The lowest BCUT2D eigenvalue weighted by molar-refractivity contribution is 0.0734. The van der Waals surface area contributed by atoms with E-state index in [9.17, 15) is 9.59 Å². The average Bonchev–Trinajstić information content (AvgIpc) is 3.05. The zero-order valence-electron chi connectivity index (χ0n) is 15.6. The van der Waals surface area contributed by atoms with Crippen LogP contribution in [0.2, 0.25) is 10.0 Å². The number of hydrogen-bond acceptors (Lipinski definition) is 5. The molecular formula is C23H14Cl2O5. The molecule has 0 unspecified atom stereocenters. The van der Waals surface area contributed by atoms with E-state index < -0.39 is 5.97 Å². The Balaban J connectivity index is 1.56. The van der Waals surface area contributed by atoms with E-state index in [1.54, 1.807) is 54.6 Å². The first kappa shape index (κ1) is 20.0. The van der Waals surface area contributed by atoms with E-state index in [0.717, 1.165) is 0 Å². The predicted molar refractivity (Wildman–Crippen MR) is 114 cm³/mol. The Hall–Kier alpha value is -3.28. The smallest absolute Gasteiger partial charge is 0.343 e. The van der Waals surface area contributed by atoms with Gasteiger partial charge < -0.3 is 14.2 Å². The number of halogens is 2. The highest BCUT2D eigenvalue weighted by Gasteiger charge is 2.28. The predicted octanol–water partition coefficient (Wildman–Crippen LogP) is 5.84. The van der Waals surface area contributed by atoms with Crippen molar-refractivity contribution in [3.63, 3.8) is 0 Å². The van der Waals surface area contributed by atoms with Crippen molar-refractivity contribution in [2.45, 2.75) is 0 Å². The van der Waals surface area contributed by atoms with Crippen LogP contribution < -0.4 is 14.2 Å². The molecule has 0 saturated carbocycles. The summed E-state index contributed by atoms with van der Waals surface area (Å²) < 4.78 is 16.2. The highest BCUT2D eigenvalue weighted by molar-refractivity contribution is 6.35. The van der Waals surface area contributed by atoms with Crippen molar-refractivity contribution in [2.24, 2.45) is 0 Å². The van der Waals surface area contributed by atoms with Crippen molar-refractivity contribution >= 4 is 41.0 Å². The molecule has 0 atom stereocenters. The van der Waals surface area contributed by atoms with Crippen LogP contribution in [-0.4, -0.2) is 18.9 Å². The van der Waals surface area contributed by atoms with Crippen molar-refractivity contribution in [1.82, 2.24) is 0 Å². The van der Waals surface area contributed by atoms with Gasteiger partial charge in [-0.2, -0.15) is 0 Å². The number of allylic oxidation sites excluding steroid dienone is 1. The molecule has 0 aromatic heterocycles. The third-order valence-corrected chi connectivity index (χ3v) is 4.97. The Morgan fingerprint density at radius 1 is 1.00 bits per heavy atom. The van der Waals surface area contributed by atoms with E-state index in [4.69, 9.17) is 37.4 Å². The van der Waals surface area contributed by atoms with Crippen LogP contribution in [0.15, 0.2) is 66.4 Å². The minimum Gasteiger partial charge on any atom is -0.497 e. The van der Waals surface area contributed by atoms with Gasteiger partial charge in [-0.3, -0.25) is 4.79 Å². The van der Waals surface area contributed by atoms with Crippen LogP contribution in [0.4, 0.5) is 0 Å². The number of esters is 1. The first-order chi connectivity index (χ1) is 14.4. The number of carbonyl (C=O) groups excluding carboxylic acids is 2. The van der Waals surface area contributed by atoms with Crippen LogP contribution in [-0.2, 0) is 0 Å². The first-order valence-corrected chi connectivity index (χ1v) is 9.60. The fourth-order valence-electron chi connectivity index (χ4n) is 2.91. The molecule has 150 valence electrons. The van der Waals surface area contributed by atoms with Gasteiger partial charge in [0.05, 0.1) is 18.2 Å². The minimum atomic E-state index is -0.554. The largest absolute Gasteiger partial charge is 0.497 e. The number of Topliss-reactive ketones (excluding diaryl/α,β-unsaturated/α-hetero) is 1. The molecule has 30 heavy (non-hydrogen) atoms. The zero-order chi connectivity index (χ0) is 21.3. The second-order valence-corrected chi connectivity index (χ2v) is 7.23. The van der Waals surface area contributed by atoms with Crippen LogP contribution in [0.1, 0.15) is 26.3 Å². The van der Waals surface area contributed by atoms with Gasteiger partial charge in [0.25, 0.3) is 0 Å². The SMILES string of the molecule is COc1cccc(C(=O)Oc2ccc3c(c2)OC(=Cc2ccc(Cl)cc2Cl)C3=O)c1. The number of ketones is 1. The third kappa shape index (κ3) is 4.03. The van der Waals surface area contributed by atoms with Gasteiger partial charge in [0, 0.05) is 16.1 Å². The minimum absolute atomic E-state index is 0.116. The molecule has 0 fully saturated rings. The maximum Gasteiger partial charge on any atom is 0.343 e. The number of fused-ring (bicyclic) bond motifs is 1. The van der Waals surface area contributed by atoms with E-state index in [-0.39, 0.29) is 17.3 Å². The second kappa shape index (κ2) is 8.22. The molecular weight excluding hydrogens is 427 g/mol. The van der Waals surface area contributed by atoms with Crippen molar-refractivity contribution in [3.05, 3.63) is 93.2 Å². The molecule has 4 rings (SSSR count). The number of benzene rings is 3. The summed E-state index contributed by atoms with van der Waals surface area (Å²) in [5.41, 5.74) is 1.30. The maximum atomic E-state index is 12.6. The van der Waals surface area contributed by atoms with Crippen LogP contribution in [0.3, 0.4) is 0 Å². The highest BCUT2D eigenvalue weighted by Crippen LogP contribution is 2.36. The molecule has 1 aliphatic rings. The number of ether oxygens (including phenoxy) is 3. The summed E-state index contributed by atoms with van der Waals surface area (Å²) in [5.74, 6) is 0.365.